The standard InChI is InChI=1S/C29H32O5/c1-2-24-25(30)27(32-18-21-12-6-3-7-13-21)29(34-20-23-16-10-5-11-17-23)28(26(24)31)33-19-22-14-8-4-9-15-22/h2-17,24-31H,1,18-20H2/t24?,25-,26?,27-,28+,29?/m1/s1. The van der Waals surface area contributed by atoms with E-state index in [-0.39, 0.29) is 0 Å². The first kappa shape index (κ1) is 24.3. The van der Waals surface area contributed by atoms with Gasteiger partial charge in [0.15, 0.2) is 0 Å². The molecule has 3 aromatic rings. The van der Waals surface area contributed by atoms with Gasteiger partial charge in [-0.2, -0.15) is 0 Å². The fraction of sp³-hybridized carbons (Fsp3) is 0.310. The maximum Gasteiger partial charge on any atom is 0.115 e. The third-order valence-corrected chi connectivity index (χ3v) is 6.24. The van der Waals surface area contributed by atoms with Crippen molar-refractivity contribution in [2.24, 2.45) is 5.92 Å². The van der Waals surface area contributed by atoms with Gasteiger partial charge >= 0.3 is 0 Å². The van der Waals surface area contributed by atoms with E-state index < -0.39 is 36.4 Å². The van der Waals surface area contributed by atoms with Crippen LogP contribution in [0.15, 0.2) is 104 Å². The number of benzene rings is 3. The quantitative estimate of drug-likeness (QED) is 0.442. The van der Waals surface area contributed by atoms with Crippen molar-refractivity contribution >= 4 is 0 Å². The van der Waals surface area contributed by atoms with Crippen molar-refractivity contribution in [2.75, 3.05) is 0 Å². The van der Waals surface area contributed by atoms with E-state index in [1.807, 2.05) is 91.0 Å². The Bertz CT molecular complexity index is 937. The molecule has 6 atom stereocenters. The molecule has 4 rings (SSSR count). The summed E-state index contributed by atoms with van der Waals surface area (Å²) in [6.45, 7) is 4.75. The second-order valence-corrected chi connectivity index (χ2v) is 8.58. The molecule has 5 heteroatoms. The number of ether oxygens (including phenoxy) is 3. The summed E-state index contributed by atoms with van der Waals surface area (Å²) in [4.78, 5) is 0. The van der Waals surface area contributed by atoms with Gasteiger partial charge < -0.3 is 24.4 Å². The van der Waals surface area contributed by atoms with Crippen LogP contribution in [0, 0.1) is 5.92 Å². The molecule has 0 aromatic heterocycles. The van der Waals surface area contributed by atoms with E-state index in [2.05, 4.69) is 6.58 Å². The van der Waals surface area contributed by atoms with Crippen LogP contribution in [-0.4, -0.2) is 40.7 Å². The topological polar surface area (TPSA) is 68.2 Å². The van der Waals surface area contributed by atoms with Crippen LogP contribution in [0.4, 0.5) is 0 Å². The highest BCUT2D eigenvalue weighted by atomic mass is 16.6. The van der Waals surface area contributed by atoms with Crippen LogP contribution >= 0.6 is 0 Å². The Balaban J connectivity index is 1.57. The van der Waals surface area contributed by atoms with Gasteiger partial charge in [-0.05, 0) is 16.7 Å². The van der Waals surface area contributed by atoms with Crippen LogP contribution in [-0.2, 0) is 34.0 Å². The van der Waals surface area contributed by atoms with Crippen LogP contribution in [0.2, 0.25) is 0 Å². The Hall–Kier alpha value is -2.80. The predicted molar refractivity (Wildman–Crippen MR) is 131 cm³/mol. The minimum absolute atomic E-state index is 0.305. The molecule has 0 bridgehead atoms. The van der Waals surface area contributed by atoms with E-state index in [1.54, 1.807) is 6.08 Å². The minimum atomic E-state index is -0.992. The first-order valence-corrected chi connectivity index (χ1v) is 11.6. The summed E-state index contributed by atoms with van der Waals surface area (Å²) in [6, 6.07) is 29.4. The molecule has 178 valence electrons. The SMILES string of the molecule is C=CC1C(O)[C@H](OCc2ccccc2)C(OCc2ccccc2)[C@H](OCc2ccccc2)[C@@H]1O. The van der Waals surface area contributed by atoms with Crippen molar-refractivity contribution in [3.63, 3.8) is 0 Å². The second kappa shape index (κ2) is 12.1. The molecule has 0 spiro atoms. The maximum absolute atomic E-state index is 11.2. The molecule has 0 radical (unpaired) electrons. The number of aliphatic hydroxyl groups excluding tert-OH is 2. The molecule has 3 aromatic carbocycles. The summed E-state index contributed by atoms with van der Waals surface area (Å²) in [7, 11) is 0. The van der Waals surface area contributed by atoms with Crippen molar-refractivity contribution in [3.05, 3.63) is 120 Å². The molecule has 3 unspecified atom stereocenters. The van der Waals surface area contributed by atoms with Crippen molar-refractivity contribution in [1.82, 2.24) is 0 Å². The number of rotatable bonds is 10. The number of hydrogen-bond donors (Lipinski definition) is 2. The molecule has 5 nitrogen and oxygen atoms in total. The number of aliphatic hydroxyl groups is 2. The largest absolute Gasteiger partial charge is 0.390 e. The monoisotopic (exact) mass is 460 g/mol. The fourth-order valence-corrected chi connectivity index (χ4v) is 4.37. The van der Waals surface area contributed by atoms with Gasteiger partial charge in [0.05, 0.1) is 32.0 Å². The van der Waals surface area contributed by atoms with Crippen LogP contribution < -0.4 is 0 Å². The molecule has 0 amide bonds. The lowest BCUT2D eigenvalue weighted by molar-refractivity contribution is -0.244. The van der Waals surface area contributed by atoms with Gasteiger partial charge in [-0.3, -0.25) is 0 Å². The molecule has 1 saturated carbocycles. The first-order chi connectivity index (χ1) is 16.7. The lowest BCUT2D eigenvalue weighted by Gasteiger charge is -2.46. The summed E-state index contributed by atoms with van der Waals surface area (Å²) in [6.07, 6.45) is -2.52. The third kappa shape index (κ3) is 6.00. The second-order valence-electron chi connectivity index (χ2n) is 8.58. The molecule has 0 saturated heterocycles. The normalized spacial score (nSPS) is 26.8. The Labute approximate surface area is 201 Å². The van der Waals surface area contributed by atoms with E-state index >= 15 is 0 Å². The molecular weight excluding hydrogens is 428 g/mol. The Morgan fingerprint density at radius 3 is 1.21 bits per heavy atom. The van der Waals surface area contributed by atoms with E-state index in [9.17, 15) is 10.2 Å². The van der Waals surface area contributed by atoms with Crippen molar-refractivity contribution < 1.29 is 24.4 Å². The zero-order valence-electron chi connectivity index (χ0n) is 19.1. The number of hydrogen-bond acceptors (Lipinski definition) is 5. The highest BCUT2D eigenvalue weighted by Crippen LogP contribution is 2.34. The molecular formula is C29H32O5. The van der Waals surface area contributed by atoms with E-state index in [0.29, 0.717) is 19.8 Å². The Morgan fingerprint density at radius 1 is 0.559 bits per heavy atom. The van der Waals surface area contributed by atoms with E-state index in [1.165, 1.54) is 0 Å². The maximum atomic E-state index is 11.2. The van der Waals surface area contributed by atoms with E-state index in [4.69, 9.17) is 14.2 Å². The molecule has 0 heterocycles. The zero-order valence-corrected chi connectivity index (χ0v) is 19.1. The summed E-state index contributed by atoms with van der Waals surface area (Å²) in [5.74, 6) is -0.613. The lowest BCUT2D eigenvalue weighted by Crippen LogP contribution is -2.62. The van der Waals surface area contributed by atoms with Crippen LogP contribution in [0.3, 0.4) is 0 Å². The molecule has 1 aliphatic carbocycles. The van der Waals surface area contributed by atoms with Crippen molar-refractivity contribution in [3.8, 4) is 0 Å². The minimum Gasteiger partial charge on any atom is -0.390 e. The molecule has 2 N–H and O–H groups in total. The van der Waals surface area contributed by atoms with Gasteiger partial charge in [0.2, 0.25) is 0 Å². The predicted octanol–water partition coefficient (Wildman–Crippen LogP) is 4.28. The highest BCUT2D eigenvalue weighted by Gasteiger charge is 2.51. The summed E-state index contributed by atoms with van der Waals surface area (Å²) in [5, 5.41) is 22.3. The zero-order chi connectivity index (χ0) is 23.8. The van der Waals surface area contributed by atoms with E-state index in [0.717, 1.165) is 16.7 Å². The summed E-state index contributed by atoms with van der Waals surface area (Å²) in [5.41, 5.74) is 2.96. The molecule has 1 aliphatic rings. The van der Waals surface area contributed by atoms with Gasteiger partial charge in [0.1, 0.15) is 18.3 Å². The van der Waals surface area contributed by atoms with Crippen molar-refractivity contribution in [2.45, 2.75) is 50.3 Å². The van der Waals surface area contributed by atoms with Gasteiger partial charge in [0.25, 0.3) is 0 Å². The fourth-order valence-electron chi connectivity index (χ4n) is 4.37. The molecule has 1 fully saturated rings. The Kier molecular flexibility index (Phi) is 8.63. The Morgan fingerprint density at radius 2 is 0.882 bits per heavy atom. The summed E-state index contributed by atoms with van der Waals surface area (Å²) < 4.78 is 18.8. The van der Waals surface area contributed by atoms with Gasteiger partial charge in [-0.25, -0.2) is 0 Å². The van der Waals surface area contributed by atoms with Crippen LogP contribution in [0.25, 0.3) is 0 Å². The van der Waals surface area contributed by atoms with Crippen molar-refractivity contribution in [1.29, 1.82) is 0 Å². The molecule has 0 aliphatic heterocycles. The van der Waals surface area contributed by atoms with Gasteiger partial charge in [0, 0.05) is 5.92 Å². The van der Waals surface area contributed by atoms with Gasteiger partial charge in [-0.1, -0.05) is 97.1 Å². The highest BCUT2D eigenvalue weighted by molar-refractivity contribution is 5.16. The average Bonchev–Trinajstić information content (AvgIpc) is 2.88. The average molecular weight is 461 g/mol. The molecule has 34 heavy (non-hydrogen) atoms. The van der Waals surface area contributed by atoms with Gasteiger partial charge in [-0.15, -0.1) is 6.58 Å². The first-order valence-electron chi connectivity index (χ1n) is 11.6. The van der Waals surface area contributed by atoms with Crippen LogP contribution in [0.1, 0.15) is 16.7 Å². The summed E-state index contributed by atoms with van der Waals surface area (Å²) >= 11 is 0. The smallest absolute Gasteiger partial charge is 0.115 e. The lowest BCUT2D eigenvalue weighted by atomic mass is 9.78. The third-order valence-electron chi connectivity index (χ3n) is 6.24. The van der Waals surface area contributed by atoms with Crippen LogP contribution in [0.5, 0.6) is 0 Å².